The Balaban J connectivity index is 2.45. The van der Waals surface area contributed by atoms with Gasteiger partial charge < -0.3 is 4.79 Å². The Hall–Kier alpha value is -1.11. The normalized spacial score (nSPS) is 12.5. The van der Waals surface area contributed by atoms with Crippen LogP contribution in [0, 0.1) is 5.92 Å². The molecule has 0 aliphatic heterocycles. The number of carbonyl (C=O) groups excluding carboxylic acids is 1. The first kappa shape index (κ1) is 9.97. The van der Waals surface area contributed by atoms with Crippen molar-refractivity contribution in [2.45, 2.75) is 26.7 Å². The second kappa shape index (κ2) is 4.80. The predicted octanol–water partition coefficient (Wildman–Crippen LogP) is 2.84. The van der Waals surface area contributed by atoms with Crippen LogP contribution < -0.4 is 0 Å². The van der Waals surface area contributed by atoms with Crippen molar-refractivity contribution in [3.63, 3.8) is 0 Å². The van der Waals surface area contributed by atoms with Crippen LogP contribution in [0.15, 0.2) is 30.3 Å². The topological polar surface area (TPSA) is 17.1 Å². The fourth-order valence-electron chi connectivity index (χ4n) is 1.58. The van der Waals surface area contributed by atoms with E-state index in [0.29, 0.717) is 12.3 Å². The van der Waals surface area contributed by atoms with E-state index < -0.39 is 0 Å². The van der Waals surface area contributed by atoms with Crippen molar-refractivity contribution in [3.8, 4) is 0 Å². The number of carbonyl (C=O) groups is 1. The Morgan fingerprint density at radius 3 is 2.46 bits per heavy atom. The number of ketones is 1. The molecular formula is C12H16O. The van der Waals surface area contributed by atoms with Gasteiger partial charge in [0, 0.05) is 6.42 Å². The van der Waals surface area contributed by atoms with E-state index in [-0.39, 0.29) is 5.78 Å². The van der Waals surface area contributed by atoms with E-state index >= 15 is 0 Å². The molecule has 1 heteroatoms. The molecule has 0 heterocycles. The summed E-state index contributed by atoms with van der Waals surface area (Å²) >= 11 is 0. The molecule has 1 unspecified atom stereocenters. The molecule has 13 heavy (non-hydrogen) atoms. The first-order valence-corrected chi connectivity index (χ1v) is 4.72. The highest BCUT2D eigenvalue weighted by Crippen LogP contribution is 2.11. The molecule has 0 spiro atoms. The predicted molar refractivity (Wildman–Crippen MR) is 54.6 cm³/mol. The Kier molecular flexibility index (Phi) is 3.69. The minimum Gasteiger partial charge on any atom is -0.300 e. The monoisotopic (exact) mass is 176 g/mol. The maximum atomic E-state index is 10.8. The van der Waals surface area contributed by atoms with Gasteiger partial charge in [0.25, 0.3) is 0 Å². The van der Waals surface area contributed by atoms with Gasteiger partial charge in [0.05, 0.1) is 0 Å². The van der Waals surface area contributed by atoms with Crippen LogP contribution in [0.25, 0.3) is 0 Å². The molecule has 70 valence electrons. The summed E-state index contributed by atoms with van der Waals surface area (Å²) in [6.07, 6.45) is 1.69. The standard InChI is InChI=1S/C12H16O/c1-10(8-11(2)13)9-12-6-4-3-5-7-12/h3-7,10H,8-9H2,1-2H3. The maximum absolute atomic E-state index is 10.8. The molecule has 1 atom stereocenters. The van der Waals surface area contributed by atoms with Crippen molar-refractivity contribution in [2.75, 3.05) is 0 Å². The van der Waals surface area contributed by atoms with Gasteiger partial charge in [-0.1, -0.05) is 37.3 Å². The molecule has 0 fully saturated rings. The number of benzene rings is 1. The van der Waals surface area contributed by atoms with Gasteiger partial charge in [0.2, 0.25) is 0 Å². The molecule has 1 aromatic carbocycles. The lowest BCUT2D eigenvalue weighted by Crippen LogP contribution is -2.04. The average molecular weight is 176 g/mol. The molecule has 0 N–H and O–H groups in total. The summed E-state index contributed by atoms with van der Waals surface area (Å²) in [7, 11) is 0. The van der Waals surface area contributed by atoms with Gasteiger partial charge in [-0.25, -0.2) is 0 Å². The third-order valence-electron chi connectivity index (χ3n) is 2.06. The van der Waals surface area contributed by atoms with Crippen LogP contribution in [0.1, 0.15) is 25.8 Å². The molecule has 0 saturated heterocycles. The third-order valence-corrected chi connectivity index (χ3v) is 2.06. The van der Waals surface area contributed by atoms with Gasteiger partial charge >= 0.3 is 0 Å². The zero-order valence-electron chi connectivity index (χ0n) is 8.29. The summed E-state index contributed by atoms with van der Waals surface area (Å²) in [4.78, 5) is 10.8. The molecule has 0 bridgehead atoms. The van der Waals surface area contributed by atoms with Crippen molar-refractivity contribution < 1.29 is 4.79 Å². The average Bonchev–Trinajstić information content (AvgIpc) is 2.04. The summed E-state index contributed by atoms with van der Waals surface area (Å²) in [6.45, 7) is 3.77. The fraction of sp³-hybridized carbons (Fsp3) is 0.417. The Morgan fingerprint density at radius 1 is 1.31 bits per heavy atom. The van der Waals surface area contributed by atoms with Crippen molar-refractivity contribution in [1.29, 1.82) is 0 Å². The van der Waals surface area contributed by atoms with Crippen molar-refractivity contribution >= 4 is 5.78 Å². The van der Waals surface area contributed by atoms with Crippen LogP contribution in [0.2, 0.25) is 0 Å². The van der Waals surface area contributed by atoms with E-state index in [1.807, 2.05) is 18.2 Å². The van der Waals surface area contributed by atoms with Gasteiger partial charge in [-0.15, -0.1) is 0 Å². The summed E-state index contributed by atoms with van der Waals surface area (Å²) < 4.78 is 0. The number of hydrogen-bond acceptors (Lipinski definition) is 1. The van der Waals surface area contributed by atoms with E-state index in [4.69, 9.17) is 0 Å². The quantitative estimate of drug-likeness (QED) is 0.689. The second-order valence-electron chi connectivity index (χ2n) is 3.70. The van der Waals surface area contributed by atoms with Crippen LogP contribution in [0.4, 0.5) is 0 Å². The first-order chi connectivity index (χ1) is 6.18. The smallest absolute Gasteiger partial charge is 0.130 e. The van der Waals surface area contributed by atoms with E-state index in [2.05, 4.69) is 19.1 Å². The molecule has 1 aromatic rings. The molecule has 0 aromatic heterocycles. The zero-order chi connectivity index (χ0) is 9.68. The molecule has 1 rings (SSSR count). The Morgan fingerprint density at radius 2 is 1.92 bits per heavy atom. The number of rotatable bonds is 4. The molecule has 0 aliphatic carbocycles. The first-order valence-electron chi connectivity index (χ1n) is 4.72. The molecule has 0 amide bonds. The number of Topliss-reactive ketones (excluding diaryl/α,β-unsaturated/α-hetero) is 1. The number of hydrogen-bond donors (Lipinski definition) is 0. The minimum absolute atomic E-state index is 0.281. The van der Waals surface area contributed by atoms with Crippen molar-refractivity contribution in [1.82, 2.24) is 0 Å². The van der Waals surface area contributed by atoms with E-state index in [0.717, 1.165) is 6.42 Å². The largest absolute Gasteiger partial charge is 0.300 e. The molecule has 0 aliphatic rings. The van der Waals surface area contributed by atoms with Crippen LogP contribution >= 0.6 is 0 Å². The van der Waals surface area contributed by atoms with Gasteiger partial charge in [0.15, 0.2) is 0 Å². The van der Waals surface area contributed by atoms with Crippen LogP contribution in [-0.4, -0.2) is 5.78 Å². The fourth-order valence-corrected chi connectivity index (χ4v) is 1.58. The molecule has 1 nitrogen and oxygen atoms in total. The molecule has 0 saturated carbocycles. The summed E-state index contributed by atoms with van der Waals surface area (Å²) in [5.74, 6) is 0.739. The Bertz CT molecular complexity index is 264. The van der Waals surface area contributed by atoms with E-state index in [1.54, 1.807) is 6.92 Å². The van der Waals surface area contributed by atoms with Gasteiger partial charge in [-0.05, 0) is 24.8 Å². The maximum Gasteiger partial charge on any atom is 0.130 e. The molecule has 0 radical (unpaired) electrons. The SMILES string of the molecule is CC(=O)CC(C)Cc1ccccc1. The van der Waals surface area contributed by atoms with E-state index in [1.165, 1.54) is 5.56 Å². The Labute approximate surface area is 79.8 Å². The van der Waals surface area contributed by atoms with Crippen LogP contribution in [-0.2, 0) is 11.2 Å². The second-order valence-corrected chi connectivity index (χ2v) is 3.70. The lowest BCUT2D eigenvalue weighted by atomic mass is 9.97. The highest BCUT2D eigenvalue weighted by atomic mass is 16.1. The van der Waals surface area contributed by atoms with Crippen LogP contribution in [0.5, 0.6) is 0 Å². The summed E-state index contributed by atoms with van der Waals surface area (Å²) in [5, 5.41) is 0. The van der Waals surface area contributed by atoms with Gasteiger partial charge in [0.1, 0.15) is 5.78 Å². The van der Waals surface area contributed by atoms with Gasteiger partial charge in [-0.3, -0.25) is 0 Å². The third kappa shape index (κ3) is 3.88. The highest BCUT2D eigenvalue weighted by Gasteiger charge is 2.05. The van der Waals surface area contributed by atoms with Crippen LogP contribution in [0.3, 0.4) is 0 Å². The lowest BCUT2D eigenvalue weighted by Gasteiger charge is -2.08. The van der Waals surface area contributed by atoms with Gasteiger partial charge in [-0.2, -0.15) is 0 Å². The van der Waals surface area contributed by atoms with Crippen molar-refractivity contribution in [2.24, 2.45) is 5.92 Å². The lowest BCUT2D eigenvalue weighted by molar-refractivity contribution is -0.117. The van der Waals surface area contributed by atoms with Crippen molar-refractivity contribution in [3.05, 3.63) is 35.9 Å². The van der Waals surface area contributed by atoms with E-state index in [9.17, 15) is 4.79 Å². The summed E-state index contributed by atoms with van der Waals surface area (Å²) in [6, 6.07) is 10.3. The zero-order valence-corrected chi connectivity index (χ0v) is 8.29. The molecular weight excluding hydrogens is 160 g/mol. The highest BCUT2D eigenvalue weighted by molar-refractivity contribution is 5.75. The summed E-state index contributed by atoms with van der Waals surface area (Å²) in [5.41, 5.74) is 1.32. The minimum atomic E-state index is 0.281.